The van der Waals surface area contributed by atoms with Crippen molar-refractivity contribution in [3.05, 3.63) is 11.6 Å². The van der Waals surface area contributed by atoms with E-state index in [4.69, 9.17) is 5.11 Å². The lowest BCUT2D eigenvalue weighted by Crippen LogP contribution is -2.29. The zero-order valence-electron chi connectivity index (χ0n) is 12.6. The lowest BCUT2D eigenvalue weighted by Gasteiger charge is -2.26. The lowest BCUT2D eigenvalue weighted by molar-refractivity contribution is -0.121. The Labute approximate surface area is 122 Å². The quantitative estimate of drug-likeness (QED) is 0.735. The van der Waals surface area contributed by atoms with Gasteiger partial charge >= 0.3 is 0 Å². The zero-order chi connectivity index (χ0) is 14.2. The molecule has 0 aromatic carbocycles. The molecule has 0 bridgehead atoms. The maximum absolute atomic E-state index is 11.6. The average Bonchev–Trinajstić information content (AvgIpc) is 2.53. The second-order valence-corrected chi connectivity index (χ2v) is 6.42. The first kappa shape index (κ1) is 15.7. The molecule has 2 rings (SSSR count). The van der Waals surface area contributed by atoms with Gasteiger partial charge in [0.25, 0.3) is 0 Å². The zero-order valence-corrected chi connectivity index (χ0v) is 12.6. The Balaban J connectivity index is 1.93. The van der Waals surface area contributed by atoms with Crippen LogP contribution in [-0.2, 0) is 4.79 Å². The molecular formula is C17H29NO2. The van der Waals surface area contributed by atoms with Crippen LogP contribution in [0.2, 0.25) is 0 Å². The number of hydrogen-bond donors (Lipinski definition) is 2. The summed E-state index contributed by atoms with van der Waals surface area (Å²) in [7, 11) is 0. The number of aliphatic hydroxyl groups is 1. The largest absolute Gasteiger partial charge is 0.389 e. The molecule has 3 heteroatoms. The average molecular weight is 279 g/mol. The van der Waals surface area contributed by atoms with Crippen molar-refractivity contribution >= 4 is 5.78 Å². The Bertz CT molecular complexity index is 326. The molecular weight excluding hydrogens is 250 g/mol. The number of Topliss-reactive ketones (excluding diaryl/α,β-unsaturated/α-hetero) is 1. The van der Waals surface area contributed by atoms with E-state index in [0.29, 0.717) is 12.3 Å². The van der Waals surface area contributed by atoms with Crippen LogP contribution < -0.4 is 5.32 Å². The second-order valence-electron chi connectivity index (χ2n) is 6.42. The van der Waals surface area contributed by atoms with Gasteiger partial charge in [-0.05, 0) is 44.2 Å². The van der Waals surface area contributed by atoms with Gasteiger partial charge in [-0.1, -0.05) is 43.8 Å². The Morgan fingerprint density at radius 1 is 1.10 bits per heavy atom. The van der Waals surface area contributed by atoms with Crippen LogP contribution in [0, 0.1) is 11.8 Å². The van der Waals surface area contributed by atoms with Gasteiger partial charge in [-0.3, -0.25) is 4.79 Å². The van der Waals surface area contributed by atoms with E-state index in [0.717, 1.165) is 38.3 Å². The van der Waals surface area contributed by atoms with Crippen LogP contribution in [0.25, 0.3) is 0 Å². The minimum absolute atomic E-state index is 0.0292. The molecule has 2 N–H and O–H groups in total. The van der Waals surface area contributed by atoms with E-state index in [1.165, 1.54) is 37.7 Å². The Morgan fingerprint density at radius 2 is 1.80 bits per heavy atom. The number of carbonyl (C=O) groups excluding carboxylic acids is 1. The summed E-state index contributed by atoms with van der Waals surface area (Å²) < 4.78 is 0. The van der Waals surface area contributed by atoms with Crippen molar-refractivity contribution in [1.29, 1.82) is 0 Å². The molecule has 1 saturated heterocycles. The molecule has 1 aliphatic heterocycles. The number of ketones is 1. The normalized spacial score (nSPS) is 22.9. The number of aliphatic hydroxyl groups excluding tert-OH is 1. The molecule has 0 aromatic rings. The SMILES string of the molecule is O=C(CO)C/C(=C/CC1CCCCC1)C1CCNCC1. The third-order valence-electron chi connectivity index (χ3n) is 4.88. The lowest BCUT2D eigenvalue weighted by atomic mass is 9.83. The predicted molar refractivity (Wildman–Crippen MR) is 81.6 cm³/mol. The summed E-state index contributed by atoms with van der Waals surface area (Å²) in [6.45, 7) is 1.79. The number of hydrogen-bond acceptors (Lipinski definition) is 3. The van der Waals surface area contributed by atoms with Crippen molar-refractivity contribution in [1.82, 2.24) is 5.32 Å². The van der Waals surface area contributed by atoms with Crippen LogP contribution in [-0.4, -0.2) is 30.6 Å². The van der Waals surface area contributed by atoms with Crippen molar-refractivity contribution < 1.29 is 9.90 Å². The van der Waals surface area contributed by atoms with E-state index < -0.39 is 0 Å². The Hall–Kier alpha value is -0.670. The van der Waals surface area contributed by atoms with Crippen LogP contribution in [0.5, 0.6) is 0 Å². The highest BCUT2D eigenvalue weighted by atomic mass is 16.3. The van der Waals surface area contributed by atoms with Crippen molar-refractivity contribution in [2.45, 2.75) is 57.8 Å². The molecule has 2 aliphatic rings. The van der Waals surface area contributed by atoms with Crippen molar-refractivity contribution in [2.24, 2.45) is 11.8 Å². The highest BCUT2D eigenvalue weighted by Gasteiger charge is 2.20. The Morgan fingerprint density at radius 3 is 2.45 bits per heavy atom. The molecule has 0 spiro atoms. The third kappa shape index (κ3) is 5.02. The molecule has 0 amide bonds. The van der Waals surface area contributed by atoms with Crippen LogP contribution >= 0.6 is 0 Å². The van der Waals surface area contributed by atoms with E-state index in [1.54, 1.807) is 0 Å². The summed E-state index contributed by atoms with van der Waals surface area (Å²) >= 11 is 0. The first-order valence-corrected chi connectivity index (χ1v) is 8.31. The van der Waals surface area contributed by atoms with Gasteiger partial charge in [-0.15, -0.1) is 0 Å². The van der Waals surface area contributed by atoms with Gasteiger partial charge in [0, 0.05) is 6.42 Å². The minimum atomic E-state index is -0.314. The van der Waals surface area contributed by atoms with Gasteiger partial charge in [0.15, 0.2) is 5.78 Å². The van der Waals surface area contributed by atoms with Crippen molar-refractivity contribution in [2.75, 3.05) is 19.7 Å². The summed E-state index contributed by atoms with van der Waals surface area (Å²) in [6.07, 6.45) is 13.1. The van der Waals surface area contributed by atoms with E-state index in [2.05, 4.69) is 11.4 Å². The Kier molecular flexibility index (Phi) is 6.74. The van der Waals surface area contributed by atoms with E-state index in [9.17, 15) is 4.79 Å². The summed E-state index contributed by atoms with van der Waals surface area (Å²) in [6, 6.07) is 0. The highest BCUT2D eigenvalue weighted by molar-refractivity contribution is 5.81. The van der Waals surface area contributed by atoms with Gasteiger partial charge in [0.1, 0.15) is 6.61 Å². The highest BCUT2D eigenvalue weighted by Crippen LogP contribution is 2.30. The molecule has 2 fully saturated rings. The van der Waals surface area contributed by atoms with Crippen molar-refractivity contribution in [3.63, 3.8) is 0 Å². The summed E-state index contributed by atoms with van der Waals surface area (Å²) in [5.41, 5.74) is 1.30. The first-order chi connectivity index (χ1) is 9.79. The third-order valence-corrected chi connectivity index (χ3v) is 4.88. The van der Waals surface area contributed by atoms with Gasteiger partial charge in [-0.25, -0.2) is 0 Å². The van der Waals surface area contributed by atoms with E-state index >= 15 is 0 Å². The van der Waals surface area contributed by atoms with Gasteiger partial charge in [-0.2, -0.15) is 0 Å². The fourth-order valence-electron chi connectivity index (χ4n) is 3.60. The second kappa shape index (κ2) is 8.58. The number of nitrogens with one attached hydrogen (secondary N) is 1. The maximum atomic E-state index is 11.6. The van der Waals surface area contributed by atoms with Gasteiger partial charge in [0.05, 0.1) is 0 Å². The van der Waals surface area contributed by atoms with Gasteiger partial charge < -0.3 is 10.4 Å². The van der Waals surface area contributed by atoms with Crippen LogP contribution in [0.15, 0.2) is 11.6 Å². The summed E-state index contributed by atoms with van der Waals surface area (Å²) in [5, 5.41) is 12.4. The van der Waals surface area contributed by atoms with Crippen LogP contribution in [0.4, 0.5) is 0 Å². The predicted octanol–water partition coefficient (Wildman–Crippen LogP) is 2.83. The van der Waals surface area contributed by atoms with E-state index in [-0.39, 0.29) is 12.4 Å². The molecule has 20 heavy (non-hydrogen) atoms. The summed E-state index contributed by atoms with van der Waals surface area (Å²) in [4.78, 5) is 11.6. The van der Waals surface area contributed by atoms with Crippen molar-refractivity contribution in [3.8, 4) is 0 Å². The smallest absolute Gasteiger partial charge is 0.162 e. The molecule has 0 atom stereocenters. The first-order valence-electron chi connectivity index (χ1n) is 8.31. The molecule has 1 saturated carbocycles. The molecule has 0 unspecified atom stereocenters. The molecule has 0 aromatic heterocycles. The van der Waals surface area contributed by atoms with Crippen LogP contribution in [0.1, 0.15) is 57.8 Å². The fraction of sp³-hybridized carbons (Fsp3) is 0.824. The molecule has 114 valence electrons. The fourth-order valence-corrected chi connectivity index (χ4v) is 3.60. The molecule has 1 aliphatic carbocycles. The molecule has 1 heterocycles. The maximum Gasteiger partial charge on any atom is 0.162 e. The number of allylic oxidation sites excluding steroid dienone is 2. The molecule has 3 nitrogen and oxygen atoms in total. The standard InChI is InChI=1S/C17H29NO2/c19-13-17(20)12-16(15-8-10-18-11-9-15)7-6-14-4-2-1-3-5-14/h7,14-15,18-19H,1-6,8-13H2/b16-7-. The van der Waals surface area contributed by atoms with E-state index in [1.807, 2.05) is 0 Å². The summed E-state index contributed by atoms with van der Waals surface area (Å²) in [5.74, 6) is 1.35. The van der Waals surface area contributed by atoms with Gasteiger partial charge in [0.2, 0.25) is 0 Å². The molecule has 0 radical (unpaired) electrons. The number of carbonyl (C=O) groups is 1. The number of piperidine rings is 1. The topological polar surface area (TPSA) is 49.3 Å². The minimum Gasteiger partial charge on any atom is -0.389 e. The van der Waals surface area contributed by atoms with Crippen LogP contribution in [0.3, 0.4) is 0 Å². The monoisotopic (exact) mass is 279 g/mol. The number of rotatable bonds is 6.